The van der Waals surface area contributed by atoms with Crippen LogP contribution in [0.25, 0.3) is 0 Å². The molecule has 0 aliphatic heterocycles. The SMILES string of the molecule is CC(C)(C)CC(C)(C)N/C=C(/C#N)C(=O)NCCCCCC(=O)O. The third-order valence-electron chi connectivity index (χ3n) is 3.30. The highest BCUT2D eigenvalue weighted by Crippen LogP contribution is 2.26. The highest BCUT2D eigenvalue weighted by atomic mass is 16.4. The molecule has 0 unspecified atom stereocenters. The first-order valence-corrected chi connectivity index (χ1v) is 8.35. The average molecular weight is 337 g/mol. The third-order valence-corrected chi connectivity index (χ3v) is 3.30. The molecule has 0 aromatic rings. The first-order valence-electron chi connectivity index (χ1n) is 8.35. The van der Waals surface area contributed by atoms with Crippen LogP contribution in [-0.2, 0) is 9.59 Å². The van der Waals surface area contributed by atoms with Crippen molar-refractivity contribution in [2.24, 2.45) is 5.41 Å². The van der Waals surface area contributed by atoms with Crippen molar-refractivity contribution in [3.63, 3.8) is 0 Å². The lowest BCUT2D eigenvalue weighted by molar-refractivity contribution is -0.137. The monoisotopic (exact) mass is 337 g/mol. The summed E-state index contributed by atoms with van der Waals surface area (Å²) in [5, 5.41) is 23.5. The van der Waals surface area contributed by atoms with Gasteiger partial charge in [0.25, 0.3) is 5.91 Å². The maximum atomic E-state index is 12.0. The predicted molar refractivity (Wildman–Crippen MR) is 94.1 cm³/mol. The van der Waals surface area contributed by atoms with Gasteiger partial charge in [-0.05, 0) is 38.5 Å². The van der Waals surface area contributed by atoms with E-state index in [4.69, 9.17) is 10.4 Å². The number of unbranched alkanes of at least 4 members (excludes halogenated alkanes) is 2. The number of aliphatic carboxylic acids is 1. The Bertz CT molecular complexity index is 497. The molecule has 0 rings (SSSR count). The molecule has 0 saturated carbocycles. The van der Waals surface area contributed by atoms with Crippen LogP contribution < -0.4 is 10.6 Å². The van der Waals surface area contributed by atoms with Crippen molar-refractivity contribution >= 4 is 11.9 Å². The van der Waals surface area contributed by atoms with Crippen molar-refractivity contribution in [1.82, 2.24) is 10.6 Å². The van der Waals surface area contributed by atoms with E-state index in [0.29, 0.717) is 19.4 Å². The summed E-state index contributed by atoms with van der Waals surface area (Å²) in [5.41, 5.74) is -0.0465. The summed E-state index contributed by atoms with van der Waals surface area (Å²) in [6.07, 6.45) is 4.53. The topological polar surface area (TPSA) is 102 Å². The van der Waals surface area contributed by atoms with Crippen LogP contribution in [0, 0.1) is 16.7 Å². The van der Waals surface area contributed by atoms with E-state index in [9.17, 15) is 9.59 Å². The summed E-state index contributed by atoms with van der Waals surface area (Å²) in [4.78, 5) is 22.4. The number of nitriles is 1. The van der Waals surface area contributed by atoms with Gasteiger partial charge in [-0.25, -0.2) is 0 Å². The summed E-state index contributed by atoms with van der Waals surface area (Å²) in [7, 11) is 0. The van der Waals surface area contributed by atoms with Crippen molar-refractivity contribution in [3.8, 4) is 6.07 Å². The summed E-state index contributed by atoms with van der Waals surface area (Å²) in [6.45, 7) is 10.9. The Balaban J connectivity index is 4.34. The lowest BCUT2D eigenvalue weighted by Gasteiger charge is -2.33. The van der Waals surface area contributed by atoms with E-state index in [2.05, 4.69) is 31.4 Å². The molecule has 0 aliphatic rings. The zero-order valence-electron chi connectivity index (χ0n) is 15.5. The number of nitrogens with one attached hydrogen (secondary N) is 2. The molecule has 6 nitrogen and oxygen atoms in total. The van der Waals surface area contributed by atoms with Crippen LogP contribution in [0.5, 0.6) is 0 Å². The molecule has 1 amide bonds. The van der Waals surface area contributed by atoms with Gasteiger partial charge < -0.3 is 15.7 Å². The van der Waals surface area contributed by atoms with Crippen LogP contribution in [-0.4, -0.2) is 29.1 Å². The van der Waals surface area contributed by atoms with Gasteiger partial charge in [-0.15, -0.1) is 0 Å². The second-order valence-electron chi connectivity index (χ2n) is 7.90. The van der Waals surface area contributed by atoms with E-state index in [1.165, 1.54) is 6.20 Å². The second kappa shape index (κ2) is 9.96. The Morgan fingerprint density at radius 3 is 2.25 bits per heavy atom. The minimum Gasteiger partial charge on any atom is -0.481 e. The number of carboxylic acids is 1. The second-order valence-corrected chi connectivity index (χ2v) is 7.90. The number of carboxylic acid groups (broad SMARTS) is 1. The molecule has 0 aromatic carbocycles. The van der Waals surface area contributed by atoms with E-state index >= 15 is 0 Å². The van der Waals surface area contributed by atoms with Gasteiger partial charge in [0.05, 0.1) is 0 Å². The van der Waals surface area contributed by atoms with Gasteiger partial charge in [0, 0.05) is 24.7 Å². The number of hydrogen-bond acceptors (Lipinski definition) is 4. The molecule has 0 bridgehead atoms. The van der Waals surface area contributed by atoms with Gasteiger partial charge in [-0.1, -0.05) is 27.2 Å². The Hall–Kier alpha value is -2.03. The molecule has 0 fully saturated rings. The van der Waals surface area contributed by atoms with E-state index in [1.807, 2.05) is 19.9 Å². The van der Waals surface area contributed by atoms with Crippen molar-refractivity contribution in [1.29, 1.82) is 5.26 Å². The smallest absolute Gasteiger partial charge is 0.303 e. The third kappa shape index (κ3) is 11.5. The van der Waals surface area contributed by atoms with Crippen LogP contribution >= 0.6 is 0 Å². The summed E-state index contributed by atoms with van der Waals surface area (Å²) < 4.78 is 0. The van der Waals surface area contributed by atoms with Gasteiger partial charge in [0.15, 0.2) is 0 Å². The van der Waals surface area contributed by atoms with Gasteiger partial charge in [-0.3, -0.25) is 9.59 Å². The van der Waals surface area contributed by atoms with Crippen LogP contribution in [0.1, 0.15) is 66.7 Å². The Morgan fingerprint density at radius 2 is 1.75 bits per heavy atom. The van der Waals surface area contributed by atoms with E-state index in [-0.39, 0.29) is 22.9 Å². The molecule has 0 spiro atoms. The maximum absolute atomic E-state index is 12.0. The van der Waals surface area contributed by atoms with Crippen molar-refractivity contribution in [3.05, 3.63) is 11.8 Å². The fraction of sp³-hybridized carbons (Fsp3) is 0.722. The van der Waals surface area contributed by atoms with E-state index in [0.717, 1.165) is 12.8 Å². The maximum Gasteiger partial charge on any atom is 0.303 e. The fourth-order valence-electron chi connectivity index (χ4n) is 2.67. The largest absolute Gasteiger partial charge is 0.481 e. The lowest BCUT2D eigenvalue weighted by atomic mass is 9.82. The van der Waals surface area contributed by atoms with E-state index in [1.54, 1.807) is 0 Å². The number of nitrogens with zero attached hydrogens (tertiary/aromatic N) is 1. The van der Waals surface area contributed by atoms with Crippen LogP contribution in [0.15, 0.2) is 11.8 Å². The van der Waals surface area contributed by atoms with Crippen molar-refractivity contribution < 1.29 is 14.7 Å². The van der Waals surface area contributed by atoms with Gasteiger partial charge >= 0.3 is 5.97 Å². The Kier molecular flexibility index (Phi) is 9.12. The van der Waals surface area contributed by atoms with Crippen LogP contribution in [0.2, 0.25) is 0 Å². The molecule has 0 heterocycles. The molecular weight excluding hydrogens is 306 g/mol. The molecule has 0 saturated heterocycles. The number of rotatable bonds is 10. The van der Waals surface area contributed by atoms with E-state index < -0.39 is 11.9 Å². The molecule has 0 aromatic heterocycles. The number of amides is 1. The number of carbonyl (C=O) groups excluding carboxylic acids is 1. The minimum atomic E-state index is -0.808. The van der Waals surface area contributed by atoms with Gasteiger partial charge in [0.2, 0.25) is 0 Å². The Morgan fingerprint density at radius 1 is 1.12 bits per heavy atom. The lowest BCUT2D eigenvalue weighted by Crippen LogP contribution is -2.40. The highest BCUT2D eigenvalue weighted by molar-refractivity contribution is 5.97. The molecule has 136 valence electrons. The average Bonchev–Trinajstić information content (AvgIpc) is 2.40. The molecule has 0 radical (unpaired) electrons. The highest BCUT2D eigenvalue weighted by Gasteiger charge is 2.24. The molecule has 6 heteroatoms. The first-order chi connectivity index (χ1) is 11.0. The molecular formula is C18H31N3O3. The summed E-state index contributed by atoms with van der Waals surface area (Å²) in [6, 6.07) is 1.91. The normalized spacial score (nSPS) is 12.4. The molecule has 0 aliphatic carbocycles. The zero-order valence-corrected chi connectivity index (χ0v) is 15.5. The molecule has 3 N–H and O–H groups in total. The first kappa shape index (κ1) is 22.0. The minimum absolute atomic E-state index is 0.0440. The zero-order chi connectivity index (χ0) is 18.8. The summed E-state index contributed by atoms with van der Waals surface area (Å²) >= 11 is 0. The molecule has 24 heavy (non-hydrogen) atoms. The van der Waals surface area contributed by atoms with Crippen LogP contribution in [0.3, 0.4) is 0 Å². The van der Waals surface area contributed by atoms with Crippen molar-refractivity contribution in [2.45, 2.75) is 72.3 Å². The quantitative estimate of drug-likeness (QED) is 0.323. The summed E-state index contributed by atoms with van der Waals surface area (Å²) in [5.74, 6) is -1.22. The van der Waals surface area contributed by atoms with Gasteiger partial charge in [0.1, 0.15) is 11.6 Å². The standard InChI is InChI=1S/C18H31N3O3/c1-17(2,3)13-18(4,5)21-12-14(11-19)16(24)20-10-8-6-7-9-15(22)23/h12,21H,6-10,13H2,1-5H3,(H,20,24)(H,22,23)/b14-12-. The Labute approximate surface area is 145 Å². The number of hydrogen-bond donors (Lipinski definition) is 3. The van der Waals surface area contributed by atoms with Gasteiger partial charge in [-0.2, -0.15) is 5.26 Å². The predicted octanol–water partition coefficient (Wildman–Crippen LogP) is 2.96. The number of carbonyl (C=O) groups is 2. The van der Waals surface area contributed by atoms with Crippen molar-refractivity contribution in [2.75, 3.05) is 6.54 Å². The van der Waals surface area contributed by atoms with Crippen LogP contribution in [0.4, 0.5) is 0 Å². The fourth-order valence-corrected chi connectivity index (χ4v) is 2.67. The molecule has 0 atom stereocenters.